The number of unbranched alkanes of at least 4 members (excludes halogenated alkanes) is 2. The largest absolute Gasteiger partial charge is 0.261 e. The van der Waals surface area contributed by atoms with E-state index in [2.05, 4.69) is 37.9 Å². The Labute approximate surface area is 100 Å². The Balaban J connectivity index is 2.77. The molecule has 16 heavy (non-hydrogen) atoms. The molecule has 1 nitrogen and oxygen atoms in total. The summed E-state index contributed by atoms with van der Waals surface area (Å²) in [6.45, 7) is 6.90. The van der Waals surface area contributed by atoms with Gasteiger partial charge in [-0.3, -0.25) is 4.98 Å². The predicted molar refractivity (Wildman–Crippen MR) is 70.6 cm³/mol. The van der Waals surface area contributed by atoms with Crippen molar-refractivity contribution in [1.29, 1.82) is 0 Å². The molecule has 0 radical (unpaired) electrons. The van der Waals surface area contributed by atoms with Gasteiger partial charge in [-0.2, -0.15) is 0 Å². The molecule has 0 fully saturated rings. The highest BCUT2D eigenvalue weighted by Gasteiger charge is 2.26. The Kier molecular flexibility index (Phi) is 5.51. The van der Waals surface area contributed by atoms with Gasteiger partial charge in [0.05, 0.1) is 0 Å². The molecule has 1 aromatic heterocycles. The van der Waals surface area contributed by atoms with Crippen LogP contribution in [0.1, 0.15) is 65.0 Å². The van der Waals surface area contributed by atoms with Crippen LogP contribution in [0.3, 0.4) is 0 Å². The van der Waals surface area contributed by atoms with Crippen LogP contribution >= 0.6 is 0 Å². The summed E-state index contributed by atoms with van der Waals surface area (Å²) in [6, 6.07) is 6.30. The lowest BCUT2D eigenvalue weighted by Crippen LogP contribution is -2.23. The quantitative estimate of drug-likeness (QED) is 0.646. The highest BCUT2D eigenvalue weighted by atomic mass is 14.7. The molecule has 1 rings (SSSR count). The predicted octanol–water partition coefficient (Wildman–Crippen LogP) is 4.72. The third-order valence-electron chi connectivity index (χ3n) is 3.45. The van der Waals surface area contributed by atoms with Gasteiger partial charge in [0.25, 0.3) is 0 Å². The van der Waals surface area contributed by atoms with Crippen molar-refractivity contribution in [2.24, 2.45) is 0 Å². The van der Waals surface area contributed by atoms with Crippen LogP contribution < -0.4 is 0 Å². The molecular formula is C15H25N. The van der Waals surface area contributed by atoms with Gasteiger partial charge in [0.15, 0.2) is 0 Å². The van der Waals surface area contributed by atoms with Gasteiger partial charge >= 0.3 is 0 Å². The molecule has 0 bridgehead atoms. The van der Waals surface area contributed by atoms with Crippen LogP contribution in [0.5, 0.6) is 0 Å². The number of aromatic nitrogens is 1. The fourth-order valence-electron chi connectivity index (χ4n) is 2.23. The van der Waals surface area contributed by atoms with E-state index in [1.165, 1.54) is 44.2 Å². The summed E-state index contributed by atoms with van der Waals surface area (Å²) in [6.07, 6.45) is 9.60. The SMILES string of the molecule is CCCCC(C)(CCCC)c1ccccn1. The third kappa shape index (κ3) is 3.62. The standard InChI is InChI=1S/C15H25N/c1-4-6-11-15(3,12-7-5-2)14-10-8-9-13-16-14/h8-10,13H,4-7,11-12H2,1-3H3. The van der Waals surface area contributed by atoms with E-state index in [4.69, 9.17) is 0 Å². The van der Waals surface area contributed by atoms with Gasteiger partial charge in [0, 0.05) is 17.3 Å². The van der Waals surface area contributed by atoms with Crippen LogP contribution in [-0.4, -0.2) is 4.98 Å². The molecule has 90 valence electrons. The Hall–Kier alpha value is -0.850. The van der Waals surface area contributed by atoms with Gasteiger partial charge in [-0.15, -0.1) is 0 Å². The van der Waals surface area contributed by atoms with Gasteiger partial charge in [-0.25, -0.2) is 0 Å². The maximum absolute atomic E-state index is 4.56. The first-order valence-electron chi connectivity index (χ1n) is 6.64. The van der Waals surface area contributed by atoms with Crippen molar-refractivity contribution >= 4 is 0 Å². The lowest BCUT2D eigenvalue weighted by Gasteiger charge is -2.29. The molecule has 0 atom stereocenters. The molecule has 0 saturated carbocycles. The molecule has 1 aromatic rings. The molecule has 0 N–H and O–H groups in total. The van der Waals surface area contributed by atoms with Crippen LogP contribution in [-0.2, 0) is 5.41 Å². The van der Waals surface area contributed by atoms with Crippen LogP contribution in [0.4, 0.5) is 0 Å². The molecule has 1 heterocycles. The highest BCUT2D eigenvalue weighted by Crippen LogP contribution is 2.33. The Morgan fingerprint density at radius 2 is 1.69 bits per heavy atom. The van der Waals surface area contributed by atoms with Gasteiger partial charge < -0.3 is 0 Å². The van der Waals surface area contributed by atoms with Crippen molar-refractivity contribution in [1.82, 2.24) is 4.98 Å². The van der Waals surface area contributed by atoms with Gasteiger partial charge in [-0.1, -0.05) is 52.5 Å². The number of hydrogen-bond donors (Lipinski definition) is 0. The van der Waals surface area contributed by atoms with E-state index >= 15 is 0 Å². The lowest BCUT2D eigenvalue weighted by atomic mass is 9.77. The summed E-state index contributed by atoms with van der Waals surface area (Å²) in [4.78, 5) is 4.56. The smallest absolute Gasteiger partial charge is 0.0462 e. The molecule has 0 aromatic carbocycles. The average Bonchev–Trinajstić information content (AvgIpc) is 2.35. The minimum Gasteiger partial charge on any atom is -0.261 e. The second kappa shape index (κ2) is 6.67. The zero-order chi connectivity index (χ0) is 11.9. The van der Waals surface area contributed by atoms with Gasteiger partial charge in [0.1, 0.15) is 0 Å². The molecular weight excluding hydrogens is 194 g/mol. The van der Waals surface area contributed by atoms with Crippen molar-refractivity contribution < 1.29 is 0 Å². The monoisotopic (exact) mass is 219 g/mol. The molecule has 1 heteroatoms. The maximum atomic E-state index is 4.56. The van der Waals surface area contributed by atoms with E-state index in [0.717, 1.165) is 0 Å². The fourth-order valence-corrected chi connectivity index (χ4v) is 2.23. The summed E-state index contributed by atoms with van der Waals surface area (Å²) in [7, 11) is 0. The highest BCUT2D eigenvalue weighted by molar-refractivity contribution is 5.15. The van der Waals surface area contributed by atoms with Gasteiger partial charge in [-0.05, 0) is 25.0 Å². The average molecular weight is 219 g/mol. The van der Waals surface area contributed by atoms with Crippen molar-refractivity contribution in [3.05, 3.63) is 30.1 Å². The van der Waals surface area contributed by atoms with Crippen LogP contribution in [0, 0.1) is 0 Å². The normalized spacial score (nSPS) is 11.7. The first kappa shape index (κ1) is 13.2. The van der Waals surface area contributed by atoms with Crippen molar-refractivity contribution in [3.8, 4) is 0 Å². The van der Waals surface area contributed by atoms with Gasteiger partial charge in [0.2, 0.25) is 0 Å². The van der Waals surface area contributed by atoms with E-state index in [-0.39, 0.29) is 5.41 Å². The molecule has 0 aliphatic rings. The van der Waals surface area contributed by atoms with Crippen molar-refractivity contribution in [2.45, 2.75) is 64.7 Å². The second-order valence-electron chi connectivity index (χ2n) is 4.98. The van der Waals surface area contributed by atoms with E-state index in [1.54, 1.807) is 0 Å². The Bertz CT molecular complexity index is 271. The van der Waals surface area contributed by atoms with Crippen molar-refractivity contribution in [2.75, 3.05) is 0 Å². The van der Waals surface area contributed by atoms with Crippen LogP contribution in [0.2, 0.25) is 0 Å². The minimum atomic E-state index is 0.285. The number of pyridine rings is 1. The molecule has 0 spiro atoms. The Morgan fingerprint density at radius 3 is 2.12 bits per heavy atom. The molecule has 0 aliphatic carbocycles. The summed E-state index contributed by atoms with van der Waals surface area (Å²) in [5.74, 6) is 0. The summed E-state index contributed by atoms with van der Waals surface area (Å²) < 4.78 is 0. The first-order valence-corrected chi connectivity index (χ1v) is 6.64. The zero-order valence-corrected chi connectivity index (χ0v) is 11.0. The Morgan fingerprint density at radius 1 is 1.06 bits per heavy atom. The van der Waals surface area contributed by atoms with Crippen LogP contribution in [0.25, 0.3) is 0 Å². The van der Waals surface area contributed by atoms with Crippen LogP contribution in [0.15, 0.2) is 24.4 Å². The first-order chi connectivity index (χ1) is 7.73. The number of nitrogens with zero attached hydrogens (tertiary/aromatic N) is 1. The fraction of sp³-hybridized carbons (Fsp3) is 0.667. The maximum Gasteiger partial charge on any atom is 0.0462 e. The summed E-state index contributed by atoms with van der Waals surface area (Å²) in [5, 5.41) is 0. The summed E-state index contributed by atoms with van der Waals surface area (Å²) >= 11 is 0. The summed E-state index contributed by atoms with van der Waals surface area (Å²) in [5.41, 5.74) is 1.56. The van der Waals surface area contributed by atoms with Crippen molar-refractivity contribution in [3.63, 3.8) is 0 Å². The van der Waals surface area contributed by atoms with E-state index in [9.17, 15) is 0 Å². The second-order valence-corrected chi connectivity index (χ2v) is 4.98. The minimum absolute atomic E-state index is 0.285. The molecule has 0 saturated heterocycles. The third-order valence-corrected chi connectivity index (χ3v) is 3.45. The molecule has 0 aliphatic heterocycles. The van der Waals surface area contributed by atoms with E-state index in [1.807, 2.05) is 12.3 Å². The number of rotatable bonds is 7. The molecule has 0 unspecified atom stereocenters. The van der Waals surface area contributed by atoms with E-state index in [0.29, 0.717) is 0 Å². The number of hydrogen-bond acceptors (Lipinski definition) is 1. The lowest BCUT2D eigenvalue weighted by molar-refractivity contribution is 0.365. The zero-order valence-electron chi connectivity index (χ0n) is 11.0. The topological polar surface area (TPSA) is 12.9 Å². The van der Waals surface area contributed by atoms with E-state index < -0.39 is 0 Å². The molecule has 0 amide bonds.